The van der Waals surface area contributed by atoms with Crippen LogP contribution in [0.2, 0.25) is 0 Å². The van der Waals surface area contributed by atoms with Crippen molar-refractivity contribution in [1.82, 2.24) is 0 Å². The molecule has 14 nitrogen and oxygen atoms in total. The lowest BCUT2D eigenvalue weighted by Gasteiger charge is -2.19. The van der Waals surface area contributed by atoms with Crippen LogP contribution in [0.5, 0.6) is 17.2 Å². The number of benzene rings is 3. The van der Waals surface area contributed by atoms with Gasteiger partial charge in [-0.3, -0.25) is 4.79 Å². The van der Waals surface area contributed by atoms with E-state index in [2.05, 4.69) is 13.2 Å². The summed E-state index contributed by atoms with van der Waals surface area (Å²) in [5.41, 5.74) is 3.21. The Labute approximate surface area is 315 Å². The van der Waals surface area contributed by atoms with E-state index in [1.165, 1.54) is 36.4 Å². The molecule has 0 saturated heterocycles. The number of carbonyl (C=O) groups excluding carboxylic acids is 6. The van der Waals surface area contributed by atoms with Crippen molar-refractivity contribution >= 4 is 47.4 Å². The molecule has 6 rings (SSSR count). The summed E-state index contributed by atoms with van der Waals surface area (Å²) in [5.74, 6) is -1.53. The summed E-state index contributed by atoms with van der Waals surface area (Å²) in [5, 5.41) is 0. The quantitative estimate of drug-likeness (QED) is 0.0235. The van der Waals surface area contributed by atoms with Gasteiger partial charge < -0.3 is 33.2 Å². The summed E-state index contributed by atoms with van der Waals surface area (Å²) in [6, 6.07) is 20.2. The van der Waals surface area contributed by atoms with E-state index in [0.29, 0.717) is 48.2 Å². The number of nitrogens with zero attached hydrogens (tertiary/aromatic N) is 1. The van der Waals surface area contributed by atoms with Gasteiger partial charge in [0.1, 0.15) is 17.2 Å². The van der Waals surface area contributed by atoms with Gasteiger partial charge in [0.05, 0.1) is 49.0 Å². The number of rotatable bonds is 17. The second-order valence-electron chi connectivity index (χ2n) is 11.7. The maximum atomic E-state index is 13.3. The van der Waals surface area contributed by atoms with Gasteiger partial charge in [-0.2, -0.15) is 0 Å². The van der Waals surface area contributed by atoms with Crippen molar-refractivity contribution in [3.8, 4) is 17.2 Å². The first-order valence-corrected chi connectivity index (χ1v) is 17.0. The van der Waals surface area contributed by atoms with Gasteiger partial charge in [0.25, 0.3) is 0 Å². The van der Waals surface area contributed by atoms with Crippen molar-refractivity contribution in [2.45, 2.75) is 25.7 Å². The number of hydrogen-bond acceptors (Lipinski definition) is 14. The van der Waals surface area contributed by atoms with Gasteiger partial charge >= 0.3 is 30.2 Å². The fraction of sp³-hybridized carbons (Fsp3) is 0.195. The molecule has 0 aromatic heterocycles. The minimum atomic E-state index is -0.933. The molecule has 0 aliphatic carbocycles. The highest BCUT2D eigenvalue weighted by Gasteiger charge is 2.25. The van der Waals surface area contributed by atoms with Crippen LogP contribution in [0.4, 0.5) is 15.3 Å². The lowest BCUT2D eigenvalue weighted by molar-refractivity contribution is -0.138. The Balaban J connectivity index is 1.14. The Morgan fingerprint density at radius 1 is 0.545 bits per heavy atom. The maximum Gasteiger partial charge on any atom is 0.513 e. The fourth-order valence-corrected chi connectivity index (χ4v) is 4.96. The molecule has 55 heavy (non-hydrogen) atoms. The SMILES string of the molecule is C=CC(=O)OCCCCOC(=O)Oc1ccc(C(=O)Oc2ccc3c(c2)C(=O)c2cc(c2)C(c2ccc(OC(=O)OCCCCOC(=O)C=C)cc2)=N3)cc1. The number of ketones is 1. The predicted molar refractivity (Wildman–Crippen MR) is 195 cm³/mol. The lowest BCUT2D eigenvalue weighted by atomic mass is 9.89. The molecule has 2 bridgehead atoms. The van der Waals surface area contributed by atoms with Crippen LogP contribution >= 0.6 is 0 Å². The second kappa shape index (κ2) is 19.1. The number of aliphatic imine (C=N–C) groups is 1. The summed E-state index contributed by atoms with van der Waals surface area (Å²) in [6.45, 7) is 7.13. The molecule has 14 heteroatoms. The molecular weight excluding hydrogens is 714 g/mol. The van der Waals surface area contributed by atoms with Gasteiger partial charge in [-0.1, -0.05) is 13.2 Å². The largest absolute Gasteiger partial charge is 0.513 e. The highest BCUT2D eigenvalue weighted by atomic mass is 16.7. The third kappa shape index (κ3) is 11.2. The lowest BCUT2D eigenvalue weighted by Crippen LogP contribution is -2.16. The van der Waals surface area contributed by atoms with Crippen LogP contribution in [0.1, 0.15) is 63.1 Å². The molecule has 0 atom stereocenters. The molecule has 2 aliphatic heterocycles. The van der Waals surface area contributed by atoms with Crippen LogP contribution in [-0.2, 0) is 28.5 Å². The van der Waals surface area contributed by atoms with Crippen molar-refractivity contribution in [2.24, 2.45) is 4.99 Å². The Bertz CT molecular complexity index is 2070. The fourth-order valence-electron chi connectivity index (χ4n) is 4.96. The van der Waals surface area contributed by atoms with E-state index in [1.807, 2.05) is 0 Å². The number of carbonyl (C=O) groups is 6. The summed E-state index contributed by atoms with van der Waals surface area (Å²) in [6.07, 6.45) is 2.25. The molecule has 0 radical (unpaired) electrons. The average molecular weight is 750 g/mol. The normalized spacial score (nSPS) is 11.4. The molecule has 282 valence electrons. The van der Waals surface area contributed by atoms with E-state index in [0.717, 1.165) is 17.7 Å². The number of unbranched alkanes of at least 4 members (excludes halogenated alkanes) is 2. The van der Waals surface area contributed by atoms with E-state index >= 15 is 0 Å². The standard InChI is InChI=1S/C41H35NO13/c1-3-35(43)49-19-5-7-21-51-40(47)54-30-13-9-26(10-14-30)37-28-23-29(24-28)38(45)33-25-32(17-18-34(33)42-37)53-39(46)27-11-15-31(16-12-27)55-41(48)52-22-8-6-20-50-36(44)4-2/h3-4,9-18,23-25H,1-2,5-8,19-22H2. The average Bonchev–Trinajstić information content (AvgIpc) is 3.16. The topological polar surface area (TPSA) is 179 Å². The van der Waals surface area contributed by atoms with Crippen molar-refractivity contribution in [3.05, 3.63) is 132 Å². The van der Waals surface area contributed by atoms with Crippen molar-refractivity contribution in [1.29, 1.82) is 0 Å². The van der Waals surface area contributed by atoms with E-state index < -0.39 is 30.2 Å². The molecule has 0 spiro atoms. The molecule has 0 amide bonds. The summed E-state index contributed by atoms with van der Waals surface area (Å²) < 4.78 is 35.7. The Kier molecular flexibility index (Phi) is 13.6. The molecule has 0 N–H and O–H groups in total. The molecule has 0 unspecified atom stereocenters. The third-order valence-electron chi connectivity index (χ3n) is 7.77. The van der Waals surface area contributed by atoms with Crippen molar-refractivity contribution in [2.75, 3.05) is 26.4 Å². The smallest absolute Gasteiger partial charge is 0.463 e. The van der Waals surface area contributed by atoms with Gasteiger partial charge in [-0.15, -0.1) is 0 Å². The zero-order chi connectivity index (χ0) is 39.2. The van der Waals surface area contributed by atoms with Crippen LogP contribution in [0, 0.1) is 0 Å². The highest BCUT2D eigenvalue weighted by molar-refractivity contribution is 6.22. The number of esters is 3. The van der Waals surface area contributed by atoms with E-state index in [9.17, 15) is 28.8 Å². The first-order valence-electron chi connectivity index (χ1n) is 17.0. The number of ether oxygens (including phenoxy) is 7. The second-order valence-corrected chi connectivity index (χ2v) is 11.7. The number of hydrogen-bond donors (Lipinski definition) is 0. The van der Waals surface area contributed by atoms with Gasteiger partial charge in [0.2, 0.25) is 0 Å². The third-order valence-corrected chi connectivity index (χ3v) is 7.77. The minimum Gasteiger partial charge on any atom is -0.463 e. The maximum absolute atomic E-state index is 13.3. The Morgan fingerprint density at radius 3 is 1.56 bits per heavy atom. The van der Waals surface area contributed by atoms with Gasteiger partial charge in [-0.05, 0) is 105 Å². The first-order chi connectivity index (χ1) is 26.6. The molecule has 4 aromatic rings. The molecule has 0 fully saturated rings. The van der Waals surface area contributed by atoms with Crippen LogP contribution < -0.4 is 14.2 Å². The van der Waals surface area contributed by atoms with Crippen LogP contribution in [0.25, 0.3) is 0 Å². The van der Waals surface area contributed by atoms with Gasteiger partial charge in [-0.25, -0.2) is 29.0 Å². The molecule has 0 saturated carbocycles. The Morgan fingerprint density at radius 2 is 1.04 bits per heavy atom. The van der Waals surface area contributed by atoms with E-state index in [4.69, 9.17) is 38.2 Å². The Hall–Kier alpha value is -7.09. The predicted octanol–water partition coefficient (Wildman–Crippen LogP) is 7.11. The van der Waals surface area contributed by atoms with Crippen LogP contribution in [-0.4, -0.2) is 68.1 Å². The molecular formula is C41H35NO13. The van der Waals surface area contributed by atoms with Gasteiger partial charge in [0.15, 0.2) is 5.78 Å². The van der Waals surface area contributed by atoms with Gasteiger partial charge in [0, 0.05) is 28.8 Å². The zero-order valence-corrected chi connectivity index (χ0v) is 29.5. The molecule has 2 aliphatic rings. The van der Waals surface area contributed by atoms with Crippen molar-refractivity contribution < 1.29 is 61.9 Å². The monoisotopic (exact) mass is 749 g/mol. The summed E-state index contributed by atoms with van der Waals surface area (Å²) in [4.78, 5) is 77.2. The van der Waals surface area contributed by atoms with Crippen molar-refractivity contribution in [3.63, 3.8) is 0 Å². The zero-order valence-electron chi connectivity index (χ0n) is 29.5. The summed E-state index contributed by atoms with van der Waals surface area (Å²) >= 11 is 0. The van der Waals surface area contributed by atoms with E-state index in [-0.39, 0.29) is 60.6 Å². The summed E-state index contributed by atoms with van der Waals surface area (Å²) in [7, 11) is 0. The van der Waals surface area contributed by atoms with E-state index in [1.54, 1.807) is 42.5 Å². The molecule has 2 heterocycles. The first kappa shape index (κ1) is 39.1. The molecule has 4 aromatic carbocycles. The minimum absolute atomic E-state index is 0.0599. The van der Waals surface area contributed by atoms with Crippen LogP contribution in [0.15, 0.2) is 109 Å². The van der Waals surface area contributed by atoms with Crippen LogP contribution in [0.3, 0.4) is 0 Å². The highest BCUT2D eigenvalue weighted by Crippen LogP contribution is 2.34.